The Balaban J connectivity index is 1.70. The van der Waals surface area contributed by atoms with Gasteiger partial charge in [-0.2, -0.15) is 0 Å². The molecule has 1 aliphatic rings. The number of hydrogen-bond acceptors (Lipinski definition) is 4. The van der Waals surface area contributed by atoms with Crippen LogP contribution >= 0.6 is 22.9 Å². The Morgan fingerprint density at radius 2 is 1.70 bits per heavy atom. The number of para-hydroxylation sites is 1. The summed E-state index contributed by atoms with van der Waals surface area (Å²) in [5, 5.41) is 6.91. The minimum Gasteiger partial charge on any atom is -0.346 e. The van der Waals surface area contributed by atoms with Crippen molar-refractivity contribution >= 4 is 66.9 Å². The lowest BCUT2D eigenvalue weighted by Gasteiger charge is -2.18. The number of nitrogens with one attached hydrogen (secondary N) is 1. The molecule has 0 radical (unpaired) electrons. The van der Waals surface area contributed by atoms with E-state index in [1.807, 2.05) is 48.0 Å². The molecule has 5 nitrogen and oxygen atoms in total. The van der Waals surface area contributed by atoms with Crippen LogP contribution in [0.5, 0.6) is 0 Å². The maximum absolute atomic E-state index is 13.1. The zero-order chi connectivity index (χ0) is 23.1. The molecule has 1 N–H and O–H groups in total. The first-order valence-corrected chi connectivity index (χ1v) is 12.3. The number of carbonyl (C=O) groups excluding carboxylic acids is 2. The van der Waals surface area contributed by atoms with E-state index in [1.54, 1.807) is 11.3 Å². The van der Waals surface area contributed by atoms with E-state index in [9.17, 15) is 9.59 Å². The van der Waals surface area contributed by atoms with Gasteiger partial charge in [-0.3, -0.25) is 14.9 Å². The summed E-state index contributed by atoms with van der Waals surface area (Å²) in [5.74, 6) is -0.724. The predicted octanol–water partition coefficient (Wildman–Crippen LogP) is 5.42. The topological polar surface area (TPSA) is 54.3 Å². The third-order valence-corrected chi connectivity index (χ3v) is 7.54. The number of amides is 2. The maximum atomic E-state index is 13.1. The number of thiophene rings is 1. The van der Waals surface area contributed by atoms with Crippen molar-refractivity contribution in [3.05, 3.63) is 70.2 Å². The van der Waals surface area contributed by atoms with Gasteiger partial charge >= 0.3 is 0 Å². The lowest BCUT2D eigenvalue weighted by atomic mass is 9.95. The highest BCUT2D eigenvalue weighted by Gasteiger charge is 2.35. The van der Waals surface area contributed by atoms with Gasteiger partial charge in [-0.1, -0.05) is 43.6 Å². The second-order valence-electron chi connectivity index (χ2n) is 8.10. The molecule has 0 unspecified atom stereocenters. The highest BCUT2D eigenvalue weighted by Crippen LogP contribution is 2.40. The van der Waals surface area contributed by atoms with Crippen molar-refractivity contribution in [1.82, 2.24) is 14.8 Å². The van der Waals surface area contributed by atoms with E-state index in [4.69, 9.17) is 11.6 Å². The third-order valence-electron chi connectivity index (χ3n) is 6.35. The van der Waals surface area contributed by atoms with Gasteiger partial charge in [0.2, 0.25) is 0 Å². The number of aromatic nitrogens is 1. The molecule has 168 valence electrons. The van der Waals surface area contributed by atoms with Crippen molar-refractivity contribution in [3.8, 4) is 0 Å². The lowest BCUT2D eigenvalue weighted by molar-refractivity contribution is -0.122. The molecule has 4 aromatic rings. The van der Waals surface area contributed by atoms with Crippen LogP contribution in [0, 0.1) is 0 Å². The molecule has 33 heavy (non-hydrogen) atoms. The lowest BCUT2D eigenvalue weighted by Crippen LogP contribution is -2.26. The second kappa shape index (κ2) is 8.78. The number of nitrogens with zero attached hydrogens (tertiary/aromatic N) is 2. The average Bonchev–Trinajstić information content (AvgIpc) is 3.47. The van der Waals surface area contributed by atoms with E-state index in [-0.39, 0.29) is 11.8 Å². The molecule has 1 aliphatic heterocycles. The standard InChI is InChI=1S/C26H24ClN3O2S/c1-3-29(4-2)11-12-30-14-19(17-7-5-6-8-21(17)30)23-24(26(32)28-25(23)31)20-15-33-22-10-9-16(27)13-18(20)22/h5-10,13-15H,3-4,11-12H2,1-2H3,(H,28,31,32). The first-order chi connectivity index (χ1) is 16.0. The van der Waals surface area contributed by atoms with Crippen molar-refractivity contribution in [2.24, 2.45) is 0 Å². The highest BCUT2D eigenvalue weighted by atomic mass is 35.5. The van der Waals surface area contributed by atoms with Gasteiger partial charge in [-0.05, 0) is 37.4 Å². The van der Waals surface area contributed by atoms with Crippen LogP contribution in [-0.4, -0.2) is 40.9 Å². The van der Waals surface area contributed by atoms with Gasteiger partial charge in [-0.15, -0.1) is 11.3 Å². The van der Waals surface area contributed by atoms with Gasteiger partial charge in [0, 0.05) is 61.8 Å². The molecule has 2 aromatic carbocycles. The number of halogens is 1. The number of rotatable bonds is 7. The molecular formula is C26H24ClN3O2S. The predicted molar refractivity (Wildman–Crippen MR) is 137 cm³/mol. The van der Waals surface area contributed by atoms with Gasteiger partial charge in [-0.25, -0.2) is 0 Å². The molecule has 0 aliphatic carbocycles. The molecule has 5 rings (SSSR count). The number of hydrogen-bond donors (Lipinski definition) is 1. The summed E-state index contributed by atoms with van der Waals surface area (Å²) >= 11 is 7.79. The third kappa shape index (κ3) is 3.78. The zero-order valence-corrected chi connectivity index (χ0v) is 20.1. The number of imide groups is 1. The van der Waals surface area contributed by atoms with Crippen LogP contribution in [0.15, 0.2) is 54.0 Å². The Labute approximate surface area is 201 Å². The van der Waals surface area contributed by atoms with Crippen LogP contribution in [0.3, 0.4) is 0 Å². The first-order valence-electron chi connectivity index (χ1n) is 11.1. The summed E-state index contributed by atoms with van der Waals surface area (Å²) in [6.45, 7) is 8.01. The SMILES string of the molecule is CCN(CC)CCn1cc(C2=C(c3csc4ccc(Cl)cc34)C(=O)NC2=O)c2ccccc21. The van der Waals surface area contributed by atoms with Crippen LogP contribution in [-0.2, 0) is 16.1 Å². The first kappa shape index (κ1) is 21.9. The van der Waals surface area contributed by atoms with Gasteiger partial charge in [0.25, 0.3) is 11.8 Å². The Morgan fingerprint density at radius 1 is 0.970 bits per heavy atom. The van der Waals surface area contributed by atoms with E-state index < -0.39 is 0 Å². The Bertz CT molecular complexity index is 1430. The monoisotopic (exact) mass is 477 g/mol. The maximum Gasteiger partial charge on any atom is 0.259 e. The molecule has 2 amide bonds. The van der Waals surface area contributed by atoms with E-state index in [2.05, 4.69) is 34.7 Å². The molecule has 0 saturated carbocycles. The number of likely N-dealkylation sites (N-methyl/N-ethyl adjacent to an activating group) is 1. The fraction of sp³-hybridized carbons (Fsp3) is 0.231. The van der Waals surface area contributed by atoms with Gasteiger partial charge in [0.15, 0.2) is 0 Å². The fourth-order valence-electron chi connectivity index (χ4n) is 4.58. The smallest absolute Gasteiger partial charge is 0.259 e. The van der Waals surface area contributed by atoms with E-state index in [0.717, 1.165) is 58.3 Å². The Morgan fingerprint density at radius 3 is 2.45 bits per heavy atom. The van der Waals surface area contributed by atoms with Gasteiger partial charge < -0.3 is 9.47 Å². The van der Waals surface area contributed by atoms with Gasteiger partial charge in [0.05, 0.1) is 11.1 Å². The number of carbonyl (C=O) groups is 2. The molecule has 0 bridgehead atoms. The summed E-state index contributed by atoms with van der Waals surface area (Å²) in [6.07, 6.45) is 2.02. The number of fused-ring (bicyclic) bond motifs is 2. The van der Waals surface area contributed by atoms with Crippen molar-refractivity contribution in [1.29, 1.82) is 0 Å². The van der Waals surface area contributed by atoms with Crippen LogP contribution in [0.2, 0.25) is 5.02 Å². The van der Waals surface area contributed by atoms with Crippen molar-refractivity contribution in [3.63, 3.8) is 0 Å². The van der Waals surface area contributed by atoms with Crippen LogP contribution in [0.25, 0.3) is 32.1 Å². The Kier molecular flexibility index (Phi) is 5.83. The number of benzene rings is 2. The summed E-state index contributed by atoms with van der Waals surface area (Å²) in [6, 6.07) is 13.7. The molecule has 7 heteroatoms. The van der Waals surface area contributed by atoms with Crippen LogP contribution in [0.4, 0.5) is 0 Å². The molecule has 0 fully saturated rings. The fourth-order valence-corrected chi connectivity index (χ4v) is 5.69. The zero-order valence-electron chi connectivity index (χ0n) is 18.5. The van der Waals surface area contributed by atoms with Crippen LogP contribution < -0.4 is 5.32 Å². The summed E-state index contributed by atoms with van der Waals surface area (Å²) < 4.78 is 3.21. The summed E-state index contributed by atoms with van der Waals surface area (Å²) in [4.78, 5) is 28.4. The minimum atomic E-state index is -0.366. The second-order valence-corrected chi connectivity index (χ2v) is 9.45. The highest BCUT2D eigenvalue weighted by molar-refractivity contribution is 7.17. The molecular weight excluding hydrogens is 454 g/mol. The quantitative estimate of drug-likeness (QED) is 0.362. The summed E-state index contributed by atoms with van der Waals surface area (Å²) in [7, 11) is 0. The van der Waals surface area contributed by atoms with Crippen molar-refractivity contribution in [2.75, 3.05) is 19.6 Å². The summed E-state index contributed by atoms with van der Waals surface area (Å²) in [5.41, 5.74) is 3.43. The molecule has 3 heterocycles. The molecule has 0 atom stereocenters. The molecule has 0 spiro atoms. The van der Waals surface area contributed by atoms with Crippen molar-refractivity contribution < 1.29 is 9.59 Å². The largest absolute Gasteiger partial charge is 0.346 e. The van der Waals surface area contributed by atoms with Crippen molar-refractivity contribution in [2.45, 2.75) is 20.4 Å². The van der Waals surface area contributed by atoms with Gasteiger partial charge in [0.1, 0.15) is 0 Å². The molecule has 2 aromatic heterocycles. The minimum absolute atomic E-state index is 0.358. The molecule has 0 saturated heterocycles. The van der Waals surface area contributed by atoms with E-state index in [0.29, 0.717) is 16.2 Å². The normalized spacial score (nSPS) is 14.3. The van der Waals surface area contributed by atoms with E-state index >= 15 is 0 Å². The van der Waals surface area contributed by atoms with E-state index in [1.165, 1.54) is 0 Å². The Hall–Kier alpha value is -2.93. The van der Waals surface area contributed by atoms with Crippen LogP contribution in [0.1, 0.15) is 25.0 Å². The average molecular weight is 478 g/mol.